The molecule has 0 saturated heterocycles. The molecule has 134 valence electrons. The Kier molecular flexibility index (Phi) is 5.12. The summed E-state index contributed by atoms with van der Waals surface area (Å²) < 4.78 is 4.99. The monoisotopic (exact) mass is 349 g/mol. The smallest absolute Gasteiger partial charge is 0.310 e. The average Bonchev–Trinajstić information content (AvgIpc) is 2.67. The van der Waals surface area contributed by atoms with Gasteiger partial charge in [-0.05, 0) is 47.9 Å². The zero-order valence-corrected chi connectivity index (χ0v) is 15.2. The molecule has 3 aromatic carbocycles. The van der Waals surface area contributed by atoms with Crippen LogP contribution in [0.5, 0.6) is 5.75 Å². The van der Waals surface area contributed by atoms with Crippen molar-refractivity contribution < 1.29 is 14.6 Å². The van der Waals surface area contributed by atoms with Crippen LogP contribution in [0, 0.1) is 12.8 Å². The van der Waals surface area contributed by atoms with Crippen molar-refractivity contribution in [2.75, 3.05) is 12.4 Å². The molecule has 0 aliphatic heterocycles. The molecule has 4 heteroatoms. The predicted molar refractivity (Wildman–Crippen MR) is 104 cm³/mol. The van der Waals surface area contributed by atoms with Crippen molar-refractivity contribution >= 4 is 22.4 Å². The standard InChI is InChI=1S/C22H23NO3/c1-14-12-13-16-8-4-5-9-17(16)20(14)21(15(2)22(25)26-3)23-18-10-6-7-11-19(18)24/h4-13,15,21,23-24H,1-3H3/t15?,21-/m0/s1. The lowest BCUT2D eigenvalue weighted by Crippen LogP contribution is -2.27. The molecule has 1 unspecified atom stereocenters. The van der Waals surface area contributed by atoms with E-state index in [1.165, 1.54) is 7.11 Å². The minimum atomic E-state index is -0.441. The molecule has 26 heavy (non-hydrogen) atoms. The van der Waals surface area contributed by atoms with Crippen LogP contribution in [0.15, 0.2) is 60.7 Å². The second kappa shape index (κ2) is 7.48. The summed E-state index contributed by atoms with van der Waals surface area (Å²) in [6.07, 6.45) is 0. The van der Waals surface area contributed by atoms with Crippen molar-refractivity contribution in [1.82, 2.24) is 0 Å². The van der Waals surface area contributed by atoms with E-state index in [2.05, 4.69) is 29.6 Å². The SMILES string of the molecule is COC(=O)C(C)[C@H](Nc1ccccc1O)c1c(C)ccc2ccccc12. The quantitative estimate of drug-likeness (QED) is 0.512. The van der Waals surface area contributed by atoms with Gasteiger partial charge in [0.15, 0.2) is 0 Å². The van der Waals surface area contributed by atoms with Crippen molar-refractivity contribution in [3.05, 3.63) is 71.8 Å². The number of benzene rings is 3. The lowest BCUT2D eigenvalue weighted by molar-refractivity contribution is -0.145. The maximum absolute atomic E-state index is 12.3. The summed E-state index contributed by atoms with van der Waals surface area (Å²) in [5.41, 5.74) is 2.69. The highest BCUT2D eigenvalue weighted by Gasteiger charge is 2.29. The van der Waals surface area contributed by atoms with Gasteiger partial charge in [0.05, 0.1) is 24.8 Å². The molecule has 0 aliphatic rings. The zero-order valence-electron chi connectivity index (χ0n) is 15.2. The maximum atomic E-state index is 12.3. The number of phenolic OH excluding ortho intramolecular Hbond substituents is 1. The van der Waals surface area contributed by atoms with E-state index in [4.69, 9.17) is 4.74 Å². The number of ether oxygens (including phenoxy) is 1. The molecular formula is C22H23NO3. The van der Waals surface area contributed by atoms with Crippen LogP contribution in [-0.2, 0) is 9.53 Å². The van der Waals surface area contributed by atoms with E-state index in [1.54, 1.807) is 18.2 Å². The van der Waals surface area contributed by atoms with E-state index < -0.39 is 5.92 Å². The normalized spacial score (nSPS) is 13.2. The summed E-state index contributed by atoms with van der Waals surface area (Å²) in [5.74, 6) is -0.596. The minimum Gasteiger partial charge on any atom is -0.506 e. The Balaban J connectivity index is 2.17. The van der Waals surface area contributed by atoms with Crippen molar-refractivity contribution in [3.8, 4) is 5.75 Å². The Morgan fingerprint density at radius 1 is 1.04 bits per heavy atom. The molecule has 4 nitrogen and oxygen atoms in total. The van der Waals surface area contributed by atoms with Gasteiger partial charge in [0.2, 0.25) is 0 Å². The Labute approximate surface area is 153 Å². The second-order valence-corrected chi connectivity index (χ2v) is 6.47. The highest BCUT2D eigenvalue weighted by Crippen LogP contribution is 2.36. The first-order valence-corrected chi connectivity index (χ1v) is 8.63. The summed E-state index contributed by atoms with van der Waals surface area (Å²) >= 11 is 0. The average molecular weight is 349 g/mol. The Hall–Kier alpha value is -3.01. The molecule has 0 amide bonds. The van der Waals surface area contributed by atoms with E-state index >= 15 is 0 Å². The van der Waals surface area contributed by atoms with Crippen LogP contribution in [0.1, 0.15) is 24.1 Å². The molecule has 0 aromatic heterocycles. The predicted octanol–water partition coefficient (Wildman–Crippen LogP) is 4.82. The van der Waals surface area contributed by atoms with Gasteiger partial charge >= 0.3 is 5.97 Å². The largest absolute Gasteiger partial charge is 0.506 e. The number of hydrogen-bond donors (Lipinski definition) is 2. The lowest BCUT2D eigenvalue weighted by atomic mass is 9.87. The van der Waals surface area contributed by atoms with Gasteiger partial charge in [0, 0.05) is 0 Å². The fraction of sp³-hybridized carbons (Fsp3) is 0.227. The van der Waals surface area contributed by atoms with Crippen molar-refractivity contribution in [2.24, 2.45) is 5.92 Å². The van der Waals surface area contributed by atoms with E-state index in [9.17, 15) is 9.90 Å². The number of carbonyl (C=O) groups is 1. The highest BCUT2D eigenvalue weighted by molar-refractivity contribution is 5.88. The fourth-order valence-electron chi connectivity index (χ4n) is 3.35. The first-order valence-electron chi connectivity index (χ1n) is 8.63. The van der Waals surface area contributed by atoms with Crippen molar-refractivity contribution in [1.29, 1.82) is 0 Å². The fourth-order valence-corrected chi connectivity index (χ4v) is 3.35. The number of rotatable bonds is 5. The van der Waals surface area contributed by atoms with Crippen molar-refractivity contribution in [3.63, 3.8) is 0 Å². The van der Waals surface area contributed by atoms with Crippen LogP contribution in [0.3, 0.4) is 0 Å². The van der Waals surface area contributed by atoms with E-state index in [1.807, 2.05) is 32.0 Å². The number of carbonyl (C=O) groups excluding carboxylic acids is 1. The van der Waals surface area contributed by atoms with Gasteiger partial charge in [-0.2, -0.15) is 0 Å². The molecule has 0 fully saturated rings. The summed E-state index contributed by atoms with van der Waals surface area (Å²) in [6.45, 7) is 3.87. The molecule has 0 saturated carbocycles. The van der Waals surface area contributed by atoms with Gasteiger partial charge in [-0.3, -0.25) is 4.79 Å². The van der Waals surface area contributed by atoms with Crippen LogP contribution in [0.2, 0.25) is 0 Å². The molecule has 0 radical (unpaired) electrons. The number of hydrogen-bond acceptors (Lipinski definition) is 4. The summed E-state index contributed by atoms with van der Waals surface area (Å²) in [4.78, 5) is 12.3. The number of aryl methyl sites for hydroxylation is 1. The number of anilines is 1. The topological polar surface area (TPSA) is 58.6 Å². The molecule has 0 heterocycles. The van der Waals surface area contributed by atoms with Crippen LogP contribution in [0.4, 0.5) is 5.69 Å². The second-order valence-electron chi connectivity index (χ2n) is 6.47. The summed E-state index contributed by atoms with van der Waals surface area (Å²) in [6, 6.07) is 18.9. The van der Waals surface area contributed by atoms with Gasteiger partial charge in [-0.15, -0.1) is 0 Å². The third-order valence-electron chi connectivity index (χ3n) is 4.79. The van der Waals surface area contributed by atoms with Crippen LogP contribution in [-0.4, -0.2) is 18.2 Å². The van der Waals surface area contributed by atoms with Gasteiger partial charge in [0.25, 0.3) is 0 Å². The third kappa shape index (κ3) is 3.36. The van der Waals surface area contributed by atoms with Crippen LogP contribution >= 0.6 is 0 Å². The first-order chi connectivity index (χ1) is 12.5. The lowest BCUT2D eigenvalue weighted by Gasteiger charge is -2.28. The molecule has 3 rings (SSSR count). The maximum Gasteiger partial charge on any atom is 0.310 e. The number of aromatic hydroxyl groups is 1. The van der Waals surface area contributed by atoms with E-state index in [0.717, 1.165) is 21.9 Å². The van der Waals surface area contributed by atoms with E-state index in [-0.39, 0.29) is 17.8 Å². The summed E-state index contributed by atoms with van der Waals surface area (Å²) in [5, 5.41) is 15.7. The van der Waals surface area contributed by atoms with Gasteiger partial charge in [-0.25, -0.2) is 0 Å². The number of methoxy groups -OCH3 is 1. The number of fused-ring (bicyclic) bond motifs is 1. The number of para-hydroxylation sites is 2. The van der Waals surface area contributed by atoms with Crippen molar-refractivity contribution in [2.45, 2.75) is 19.9 Å². The first kappa shape index (κ1) is 17.8. The minimum absolute atomic E-state index is 0.146. The molecule has 0 bridgehead atoms. The van der Waals surface area contributed by atoms with Gasteiger partial charge in [-0.1, -0.05) is 48.5 Å². The number of phenols is 1. The number of esters is 1. The molecule has 3 aromatic rings. The summed E-state index contributed by atoms with van der Waals surface area (Å²) in [7, 11) is 1.39. The van der Waals surface area contributed by atoms with Crippen LogP contribution < -0.4 is 5.32 Å². The Bertz CT molecular complexity index is 936. The highest BCUT2D eigenvalue weighted by atomic mass is 16.5. The van der Waals surface area contributed by atoms with Gasteiger partial charge in [0.1, 0.15) is 5.75 Å². The Morgan fingerprint density at radius 2 is 1.73 bits per heavy atom. The molecule has 0 spiro atoms. The molecule has 2 N–H and O–H groups in total. The molecular weight excluding hydrogens is 326 g/mol. The molecule has 0 aliphatic carbocycles. The third-order valence-corrected chi connectivity index (χ3v) is 4.79. The zero-order chi connectivity index (χ0) is 18.7. The van der Waals surface area contributed by atoms with Gasteiger partial charge < -0.3 is 15.2 Å². The Morgan fingerprint density at radius 3 is 2.46 bits per heavy atom. The van der Waals surface area contributed by atoms with Crippen LogP contribution in [0.25, 0.3) is 10.8 Å². The number of nitrogens with one attached hydrogen (secondary N) is 1. The molecule has 2 atom stereocenters. The van der Waals surface area contributed by atoms with E-state index in [0.29, 0.717) is 5.69 Å².